The molecule has 0 bridgehead atoms. The summed E-state index contributed by atoms with van der Waals surface area (Å²) in [4.78, 5) is 4.71. The quantitative estimate of drug-likeness (QED) is 0.142. The van der Waals surface area contributed by atoms with Crippen molar-refractivity contribution in [3.05, 3.63) is 176 Å². The topological polar surface area (TPSA) is 17.8 Å². The third kappa shape index (κ3) is 4.85. The standard InChI is InChI=1S/C42H31N2Si.Bi/c1-31-28-33(26-27-43-31)32-14-12-20-37(29-32)45(35-16-4-2-5-17-35,36-18-6-3-7-19-36)38-21-13-15-34(30-38)44-41-24-10-8-22-39(41)40-23-9-11-25-42(40)44;/h2-26,28-30H,1H3;. The van der Waals surface area contributed by atoms with E-state index < -0.39 is 8.07 Å². The number of pyridine rings is 1. The molecule has 2 nitrogen and oxygen atoms in total. The second-order valence-corrected chi connectivity index (χ2v) is 17.4. The van der Waals surface area contributed by atoms with Crippen LogP contribution in [0.5, 0.6) is 0 Å². The Morgan fingerprint density at radius 1 is 0.478 bits per heavy atom. The fourth-order valence-corrected chi connectivity index (χ4v) is 13.2. The molecule has 2 aromatic heterocycles. The van der Waals surface area contributed by atoms with Crippen LogP contribution in [0, 0.1) is 6.92 Å². The van der Waals surface area contributed by atoms with Crippen LogP contribution in [0.25, 0.3) is 38.6 Å². The van der Waals surface area contributed by atoms with Crippen LogP contribution in [0.4, 0.5) is 0 Å². The monoisotopic (exact) mass is 800 g/mol. The van der Waals surface area contributed by atoms with E-state index in [1.807, 2.05) is 0 Å². The number of fused-ring (bicyclic) bond motifs is 3. The van der Waals surface area contributed by atoms with Crippen LogP contribution in [0.2, 0.25) is 0 Å². The Hall–Kier alpha value is -4.63. The van der Waals surface area contributed by atoms with Crippen LogP contribution in [-0.2, 0) is 0 Å². The molecule has 2 radical (unpaired) electrons. The van der Waals surface area contributed by atoms with Crippen molar-refractivity contribution >= 4 is 78.7 Å². The predicted molar refractivity (Wildman–Crippen MR) is 198 cm³/mol. The van der Waals surface area contributed by atoms with Crippen LogP contribution in [-0.4, -0.2) is 42.3 Å². The average molecular weight is 801 g/mol. The zero-order valence-electron chi connectivity index (χ0n) is 25.5. The second kappa shape index (κ2) is 11.9. The van der Waals surface area contributed by atoms with E-state index in [-0.39, 0.29) is 0 Å². The summed E-state index contributed by atoms with van der Waals surface area (Å²) in [6.07, 6.45) is 0. The van der Waals surface area contributed by atoms with Gasteiger partial charge in [-0.15, -0.1) is 0 Å². The molecule has 0 fully saturated rings. The Morgan fingerprint density at radius 2 is 1.00 bits per heavy atom. The minimum absolute atomic E-state index is 1.06. The van der Waals surface area contributed by atoms with E-state index in [0.717, 1.165) is 33.8 Å². The van der Waals surface area contributed by atoms with Gasteiger partial charge in [0.05, 0.1) is 0 Å². The Balaban J connectivity index is 1.44. The number of hydrogen-bond donors (Lipinski definition) is 0. The van der Waals surface area contributed by atoms with Crippen LogP contribution in [0.15, 0.2) is 170 Å². The van der Waals surface area contributed by atoms with Crippen molar-refractivity contribution in [3.63, 3.8) is 0 Å². The Bertz CT molecular complexity index is 2230. The SMILES string of the molecule is Cc1cc(-c2cccc([Si](c3ccccc3)(c3ccccc3)c3cccc(-n4c5ccccc5c5ccccc54)c3)c2)c[c]([Bi])n1. The number of benzene rings is 6. The van der Waals surface area contributed by atoms with Crippen molar-refractivity contribution in [2.75, 3.05) is 0 Å². The maximum atomic E-state index is 4.71. The van der Waals surface area contributed by atoms with Crippen LogP contribution >= 0.6 is 0 Å². The molecular weight excluding hydrogens is 770 g/mol. The first-order chi connectivity index (χ1) is 22.6. The summed E-state index contributed by atoms with van der Waals surface area (Å²) in [5.41, 5.74) is 7.15. The molecular formula is C42H31BiN2Si. The van der Waals surface area contributed by atoms with E-state index in [2.05, 4.69) is 181 Å². The van der Waals surface area contributed by atoms with E-state index in [9.17, 15) is 0 Å². The van der Waals surface area contributed by atoms with E-state index in [0.29, 0.717) is 0 Å². The van der Waals surface area contributed by atoms with E-state index in [1.54, 1.807) is 0 Å². The molecule has 0 N–H and O–H groups in total. The van der Waals surface area contributed by atoms with E-state index >= 15 is 0 Å². The van der Waals surface area contributed by atoms with Gasteiger partial charge >= 0.3 is 228 Å². The van der Waals surface area contributed by atoms with Crippen LogP contribution < -0.4 is 24.1 Å². The van der Waals surface area contributed by atoms with Gasteiger partial charge < -0.3 is 0 Å². The number of hydrogen-bond acceptors (Lipinski definition) is 1. The third-order valence-corrected chi connectivity index (χ3v) is 14.7. The van der Waals surface area contributed by atoms with Gasteiger partial charge in [-0.25, -0.2) is 0 Å². The average Bonchev–Trinajstić information content (AvgIpc) is 3.44. The number of nitrogens with zero attached hydrogens (tertiary/aromatic N) is 2. The summed E-state index contributed by atoms with van der Waals surface area (Å²) < 4.78 is 3.58. The molecule has 8 rings (SSSR count). The molecule has 6 aromatic carbocycles. The zero-order chi connectivity index (χ0) is 31.1. The number of aromatic nitrogens is 2. The van der Waals surface area contributed by atoms with Gasteiger partial charge in [-0.3, -0.25) is 0 Å². The molecule has 0 unspecified atom stereocenters. The molecule has 0 atom stereocenters. The number of para-hydroxylation sites is 2. The van der Waals surface area contributed by atoms with Crippen LogP contribution in [0.3, 0.4) is 0 Å². The van der Waals surface area contributed by atoms with Crippen LogP contribution in [0.1, 0.15) is 5.69 Å². The molecule has 0 saturated carbocycles. The summed E-state index contributed by atoms with van der Waals surface area (Å²) in [5.74, 6) is 0. The van der Waals surface area contributed by atoms with Gasteiger partial charge in [-0.1, -0.05) is 36.4 Å². The Morgan fingerprint density at radius 3 is 1.61 bits per heavy atom. The molecule has 0 saturated heterocycles. The molecule has 0 spiro atoms. The van der Waals surface area contributed by atoms with Gasteiger partial charge in [0.15, 0.2) is 0 Å². The van der Waals surface area contributed by atoms with Gasteiger partial charge in [0.2, 0.25) is 0 Å². The van der Waals surface area contributed by atoms with E-state index in [4.69, 9.17) is 4.98 Å². The van der Waals surface area contributed by atoms with Gasteiger partial charge in [-0.2, -0.15) is 0 Å². The number of aryl methyl sites for hydroxylation is 1. The first-order valence-corrected chi connectivity index (χ1v) is 19.4. The minimum atomic E-state index is -2.79. The normalized spacial score (nSPS) is 11.7. The summed E-state index contributed by atoms with van der Waals surface area (Å²) >= 11 is 1.15. The number of rotatable bonds is 6. The molecule has 0 aliphatic rings. The second-order valence-electron chi connectivity index (χ2n) is 11.8. The molecule has 8 aromatic rings. The Labute approximate surface area is 285 Å². The van der Waals surface area contributed by atoms with Gasteiger partial charge in [0.1, 0.15) is 0 Å². The van der Waals surface area contributed by atoms with Crippen molar-refractivity contribution in [1.29, 1.82) is 0 Å². The van der Waals surface area contributed by atoms with Gasteiger partial charge in [0, 0.05) is 10.8 Å². The first-order valence-electron chi connectivity index (χ1n) is 15.6. The maximum absolute atomic E-state index is 4.71. The van der Waals surface area contributed by atoms with Gasteiger partial charge in [-0.05, 0) is 12.1 Å². The van der Waals surface area contributed by atoms with Crippen molar-refractivity contribution < 1.29 is 0 Å². The zero-order valence-corrected chi connectivity index (χ0v) is 30.0. The summed E-state index contributed by atoms with van der Waals surface area (Å²) in [6, 6.07) is 63.0. The molecule has 0 amide bonds. The summed E-state index contributed by atoms with van der Waals surface area (Å²) in [6.45, 7) is 2.09. The molecule has 0 aliphatic heterocycles. The van der Waals surface area contributed by atoms with Gasteiger partial charge in [0.25, 0.3) is 0 Å². The molecule has 0 aliphatic carbocycles. The molecule has 2 heterocycles. The fourth-order valence-electron chi connectivity index (χ4n) is 7.20. The van der Waals surface area contributed by atoms with Crippen molar-refractivity contribution in [3.8, 4) is 16.8 Å². The van der Waals surface area contributed by atoms with Crippen molar-refractivity contribution in [2.45, 2.75) is 6.92 Å². The summed E-state index contributed by atoms with van der Waals surface area (Å²) in [5, 5.41) is 8.00. The first kappa shape index (κ1) is 28.8. The predicted octanol–water partition coefficient (Wildman–Crippen LogP) is 6.33. The molecule has 218 valence electrons. The summed E-state index contributed by atoms with van der Waals surface area (Å²) in [7, 11) is -2.79. The van der Waals surface area contributed by atoms with Crippen molar-refractivity contribution in [1.82, 2.24) is 9.55 Å². The van der Waals surface area contributed by atoms with E-state index in [1.165, 1.54) is 59.4 Å². The fraction of sp³-hybridized carbons (Fsp3) is 0.0238. The molecule has 4 heteroatoms. The van der Waals surface area contributed by atoms with Crippen molar-refractivity contribution in [2.24, 2.45) is 0 Å². The molecule has 46 heavy (non-hydrogen) atoms. The Kier molecular flexibility index (Phi) is 7.48. The third-order valence-electron chi connectivity index (χ3n) is 9.10.